The van der Waals surface area contributed by atoms with Crippen molar-refractivity contribution in [3.05, 3.63) is 47.3 Å². The van der Waals surface area contributed by atoms with Crippen LogP contribution in [-0.2, 0) is 17.9 Å². The van der Waals surface area contributed by atoms with Crippen LogP contribution < -0.4 is 10.6 Å². The Balaban J connectivity index is 1.45. The minimum atomic E-state index is -1.07. The molecule has 2 N–H and O–H groups in total. The lowest BCUT2D eigenvalue weighted by atomic mass is 9.95. The summed E-state index contributed by atoms with van der Waals surface area (Å²) in [6.07, 6.45) is 8.58. The van der Waals surface area contributed by atoms with Gasteiger partial charge in [0.1, 0.15) is 11.2 Å². The summed E-state index contributed by atoms with van der Waals surface area (Å²) in [6.45, 7) is 2.33. The molecule has 1 saturated carbocycles. The third kappa shape index (κ3) is 4.99. The second kappa shape index (κ2) is 10.2. The second-order valence-electron chi connectivity index (χ2n) is 9.40. The number of thioether (sulfide) groups is 1. The molecule has 0 radical (unpaired) electrons. The summed E-state index contributed by atoms with van der Waals surface area (Å²) in [5, 5.41) is 10.4. The highest BCUT2D eigenvalue weighted by molar-refractivity contribution is 7.98. The lowest BCUT2D eigenvalue weighted by Gasteiger charge is -2.41. The number of fused-ring (bicyclic) bond motifs is 1. The first-order valence-electron chi connectivity index (χ1n) is 11.9. The molecule has 3 amide bonds. The van der Waals surface area contributed by atoms with Crippen molar-refractivity contribution in [3.63, 3.8) is 0 Å². The van der Waals surface area contributed by atoms with Crippen molar-refractivity contribution in [3.8, 4) is 0 Å². The van der Waals surface area contributed by atoms with Crippen LogP contribution in [0.15, 0.2) is 35.2 Å². The molecule has 2 aliphatic rings. The van der Waals surface area contributed by atoms with E-state index in [1.807, 2.05) is 30.5 Å². The molecule has 1 atom stereocenters. The molecule has 2 aromatic rings. The van der Waals surface area contributed by atoms with E-state index in [9.17, 15) is 14.4 Å². The Hall–Kier alpha value is -2.81. The van der Waals surface area contributed by atoms with Crippen molar-refractivity contribution in [2.24, 2.45) is 0 Å². The van der Waals surface area contributed by atoms with Crippen molar-refractivity contribution >= 4 is 29.5 Å². The zero-order valence-electron chi connectivity index (χ0n) is 20.1. The van der Waals surface area contributed by atoms with Crippen molar-refractivity contribution < 1.29 is 14.4 Å². The molecule has 8 nitrogen and oxygen atoms in total. The van der Waals surface area contributed by atoms with Crippen LogP contribution in [0.2, 0.25) is 0 Å². The van der Waals surface area contributed by atoms with Gasteiger partial charge >= 0.3 is 0 Å². The third-order valence-corrected chi connectivity index (χ3v) is 7.77. The zero-order valence-corrected chi connectivity index (χ0v) is 20.9. The van der Waals surface area contributed by atoms with Crippen LogP contribution >= 0.6 is 11.8 Å². The number of amides is 3. The molecule has 0 spiro atoms. The van der Waals surface area contributed by atoms with Gasteiger partial charge in [0.05, 0.1) is 6.54 Å². The van der Waals surface area contributed by atoms with Gasteiger partial charge in [-0.2, -0.15) is 5.10 Å². The Bertz CT molecular complexity index is 1060. The SMILES string of the molecule is CSc1ccc(CNC(=O)c2cc3n(n2)C[C@](C)(C(=O)NC2CCCCCC2)N(C)C3=O)cc1. The molecule has 0 bridgehead atoms. The highest BCUT2D eigenvalue weighted by Crippen LogP contribution is 2.27. The second-order valence-corrected chi connectivity index (χ2v) is 10.3. The van der Waals surface area contributed by atoms with Gasteiger partial charge in [0.15, 0.2) is 5.69 Å². The predicted octanol–water partition coefficient (Wildman–Crippen LogP) is 3.22. The summed E-state index contributed by atoms with van der Waals surface area (Å²) < 4.78 is 1.50. The smallest absolute Gasteiger partial charge is 0.272 e. The van der Waals surface area contributed by atoms with Gasteiger partial charge in [0.2, 0.25) is 5.91 Å². The highest BCUT2D eigenvalue weighted by atomic mass is 32.2. The van der Waals surface area contributed by atoms with Crippen LogP contribution in [-0.4, -0.2) is 57.3 Å². The fraction of sp³-hybridized carbons (Fsp3) is 0.520. The van der Waals surface area contributed by atoms with Gasteiger partial charge in [0.25, 0.3) is 11.8 Å². The average Bonchev–Trinajstić information content (AvgIpc) is 3.09. The van der Waals surface area contributed by atoms with E-state index in [1.165, 1.54) is 28.5 Å². The molecule has 0 saturated heterocycles. The third-order valence-electron chi connectivity index (χ3n) is 7.03. The van der Waals surface area contributed by atoms with Crippen LogP contribution in [0.4, 0.5) is 0 Å². The van der Waals surface area contributed by atoms with Gasteiger partial charge in [-0.3, -0.25) is 19.1 Å². The Labute approximate surface area is 204 Å². The summed E-state index contributed by atoms with van der Waals surface area (Å²) >= 11 is 1.66. The number of hydrogen-bond donors (Lipinski definition) is 2. The number of nitrogens with zero attached hydrogens (tertiary/aromatic N) is 3. The lowest BCUT2D eigenvalue weighted by Crippen LogP contribution is -2.63. The van der Waals surface area contributed by atoms with E-state index in [0.29, 0.717) is 12.2 Å². The molecule has 1 fully saturated rings. The van der Waals surface area contributed by atoms with Crippen LogP contribution in [0.3, 0.4) is 0 Å². The highest BCUT2D eigenvalue weighted by Gasteiger charge is 2.46. The number of aromatic nitrogens is 2. The Kier molecular flexibility index (Phi) is 7.30. The average molecular weight is 484 g/mol. The zero-order chi connectivity index (χ0) is 24.3. The van der Waals surface area contributed by atoms with Crippen LogP contribution in [0.1, 0.15) is 72.0 Å². The van der Waals surface area contributed by atoms with E-state index in [0.717, 1.165) is 36.1 Å². The molecule has 2 heterocycles. The van der Waals surface area contributed by atoms with Crippen LogP contribution in [0.25, 0.3) is 0 Å². The van der Waals surface area contributed by atoms with Crippen molar-refractivity contribution in [2.45, 2.75) is 75.0 Å². The summed E-state index contributed by atoms with van der Waals surface area (Å²) in [5.74, 6) is -0.837. The number of carbonyl (C=O) groups is 3. The van der Waals surface area contributed by atoms with Gasteiger partial charge in [-0.05, 0) is 43.7 Å². The van der Waals surface area contributed by atoms with Gasteiger partial charge in [-0.1, -0.05) is 37.8 Å². The minimum Gasteiger partial charge on any atom is -0.351 e. The standard InChI is InChI=1S/C25H33N5O3S/c1-25(24(33)27-18-8-6-4-5-7-9-18)16-30-21(23(32)29(25)2)14-20(28-30)22(31)26-15-17-10-12-19(34-3)13-11-17/h10-14,18H,4-9,15-16H2,1-3H3,(H,26,31)(H,27,33)/t25-/m1/s1. The van der Waals surface area contributed by atoms with E-state index in [4.69, 9.17) is 0 Å². The molecule has 1 aliphatic heterocycles. The van der Waals surface area contributed by atoms with Gasteiger partial charge in [-0.15, -0.1) is 11.8 Å². The largest absolute Gasteiger partial charge is 0.351 e. The van der Waals surface area contributed by atoms with E-state index in [2.05, 4.69) is 15.7 Å². The maximum Gasteiger partial charge on any atom is 0.272 e. The van der Waals surface area contributed by atoms with Crippen LogP contribution in [0.5, 0.6) is 0 Å². The number of hydrogen-bond acceptors (Lipinski definition) is 5. The van der Waals surface area contributed by atoms with Gasteiger partial charge < -0.3 is 15.5 Å². The molecule has 1 aliphatic carbocycles. The summed E-state index contributed by atoms with van der Waals surface area (Å²) in [5.41, 5.74) is 0.395. The predicted molar refractivity (Wildman–Crippen MR) is 132 cm³/mol. The van der Waals surface area contributed by atoms with Gasteiger partial charge in [-0.25, -0.2) is 0 Å². The molecule has 34 heavy (non-hydrogen) atoms. The number of likely N-dealkylation sites (N-methyl/N-ethyl adjacent to an activating group) is 1. The summed E-state index contributed by atoms with van der Waals surface area (Å²) in [7, 11) is 1.64. The van der Waals surface area contributed by atoms with E-state index >= 15 is 0 Å². The fourth-order valence-electron chi connectivity index (χ4n) is 4.62. The molecule has 1 aromatic heterocycles. The van der Waals surface area contributed by atoms with E-state index in [-0.39, 0.29) is 36.0 Å². The number of carbonyl (C=O) groups excluding carboxylic acids is 3. The molecule has 182 valence electrons. The number of rotatable bonds is 6. The number of nitrogens with one attached hydrogen (secondary N) is 2. The normalized spacial score (nSPS) is 21.0. The molecule has 9 heteroatoms. The maximum absolute atomic E-state index is 13.3. The lowest BCUT2D eigenvalue weighted by molar-refractivity contribution is -0.133. The molecular formula is C25H33N5O3S. The summed E-state index contributed by atoms with van der Waals surface area (Å²) in [6, 6.07) is 9.62. The van der Waals surface area contributed by atoms with Crippen molar-refractivity contribution in [1.82, 2.24) is 25.3 Å². The van der Waals surface area contributed by atoms with E-state index in [1.54, 1.807) is 25.7 Å². The first-order valence-corrected chi connectivity index (χ1v) is 13.1. The van der Waals surface area contributed by atoms with E-state index < -0.39 is 5.54 Å². The van der Waals surface area contributed by atoms with Crippen LogP contribution in [0, 0.1) is 0 Å². The molecule has 4 rings (SSSR count). The molecule has 1 aromatic carbocycles. The maximum atomic E-state index is 13.3. The topological polar surface area (TPSA) is 96.3 Å². The Morgan fingerprint density at radius 1 is 1.15 bits per heavy atom. The number of benzene rings is 1. The van der Waals surface area contributed by atoms with Gasteiger partial charge in [0, 0.05) is 30.6 Å². The molecular weight excluding hydrogens is 450 g/mol. The van der Waals surface area contributed by atoms with Crippen molar-refractivity contribution in [1.29, 1.82) is 0 Å². The summed E-state index contributed by atoms with van der Waals surface area (Å²) in [4.78, 5) is 41.8. The first-order chi connectivity index (χ1) is 16.3. The fourth-order valence-corrected chi connectivity index (χ4v) is 5.03. The van der Waals surface area contributed by atoms with Crippen molar-refractivity contribution in [2.75, 3.05) is 13.3 Å². The minimum absolute atomic E-state index is 0.140. The first kappa shape index (κ1) is 24.3. The Morgan fingerprint density at radius 3 is 2.47 bits per heavy atom. The monoisotopic (exact) mass is 483 g/mol. The molecule has 0 unspecified atom stereocenters. The quantitative estimate of drug-likeness (QED) is 0.486. The Morgan fingerprint density at radius 2 is 1.82 bits per heavy atom.